The largest absolute Gasteiger partial charge is 0.481 e. The molecule has 1 fully saturated rings. The van der Waals surface area contributed by atoms with Crippen LogP contribution < -0.4 is 0 Å². The topological polar surface area (TPSA) is 77.8 Å². The number of aliphatic hydroxyl groups excluding tert-OH is 1. The van der Waals surface area contributed by atoms with Crippen molar-refractivity contribution in [1.82, 2.24) is 4.90 Å². The van der Waals surface area contributed by atoms with Crippen LogP contribution in [0.1, 0.15) is 82.3 Å². The summed E-state index contributed by atoms with van der Waals surface area (Å²) in [6, 6.07) is 8.44. The minimum absolute atomic E-state index is 0.0447. The second-order valence-corrected chi connectivity index (χ2v) is 8.66. The maximum Gasteiger partial charge on any atom is 0.303 e. The number of nitrogens with zero attached hydrogens (tertiary/aromatic N) is 1. The monoisotopic (exact) mass is 415 g/mol. The van der Waals surface area contributed by atoms with Crippen molar-refractivity contribution in [1.29, 1.82) is 0 Å². The van der Waals surface area contributed by atoms with Crippen molar-refractivity contribution in [2.75, 3.05) is 6.54 Å². The molecule has 0 aliphatic carbocycles. The smallest absolute Gasteiger partial charge is 0.303 e. The molecule has 5 nitrogen and oxygen atoms in total. The van der Waals surface area contributed by atoms with Crippen LogP contribution in [-0.4, -0.2) is 45.7 Å². The molecule has 0 aromatic heterocycles. The molecule has 0 radical (unpaired) electrons. The minimum Gasteiger partial charge on any atom is -0.481 e. The van der Waals surface area contributed by atoms with Crippen molar-refractivity contribution < 1.29 is 19.8 Å². The van der Waals surface area contributed by atoms with Gasteiger partial charge in [-0.15, -0.1) is 0 Å². The van der Waals surface area contributed by atoms with E-state index in [1.54, 1.807) is 0 Å². The standard InChI is InChI=1S/C25H37NO4/c1-19(2)21-13-11-20(12-14-21)18-23(27)16-15-22-8-7-9-24(28)26(22)17-6-4-3-5-10-25(29)30/h11-16,19,22-23,27H,3-10,17-18H2,1-2H3,(H,29,30)/b16-15+/t22-,23?/m1/s1. The Bertz CT molecular complexity index is 696. The van der Waals surface area contributed by atoms with Gasteiger partial charge in [0.05, 0.1) is 12.1 Å². The predicted octanol–water partition coefficient (Wildman–Crippen LogP) is 4.69. The molecule has 1 amide bonds. The van der Waals surface area contributed by atoms with Crippen LogP contribution in [0.25, 0.3) is 0 Å². The molecule has 1 aliphatic heterocycles. The van der Waals surface area contributed by atoms with Gasteiger partial charge < -0.3 is 15.1 Å². The number of carbonyl (C=O) groups is 2. The highest BCUT2D eigenvalue weighted by molar-refractivity contribution is 5.77. The van der Waals surface area contributed by atoms with Crippen molar-refractivity contribution >= 4 is 11.9 Å². The molecule has 2 N–H and O–H groups in total. The molecule has 1 aromatic carbocycles. The van der Waals surface area contributed by atoms with Crippen LogP contribution in [-0.2, 0) is 16.0 Å². The summed E-state index contributed by atoms with van der Waals surface area (Å²) in [6.07, 6.45) is 9.84. The Balaban J connectivity index is 1.82. The number of aliphatic carboxylic acids is 1. The first kappa shape index (κ1) is 24.1. The number of likely N-dealkylation sites (tertiary alicyclic amines) is 1. The normalized spacial score (nSPS) is 18.3. The molecule has 166 valence electrons. The summed E-state index contributed by atoms with van der Waals surface area (Å²) >= 11 is 0. The van der Waals surface area contributed by atoms with Crippen LogP contribution in [0.5, 0.6) is 0 Å². The van der Waals surface area contributed by atoms with Crippen LogP contribution in [0.3, 0.4) is 0 Å². The summed E-state index contributed by atoms with van der Waals surface area (Å²) in [4.78, 5) is 24.9. The third-order valence-corrected chi connectivity index (χ3v) is 5.80. The Morgan fingerprint density at radius 1 is 1.17 bits per heavy atom. The number of amides is 1. The molecule has 0 spiro atoms. The molecular weight excluding hydrogens is 378 g/mol. The number of hydrogen-bond acceptors (Lipinski definition) is 3. The molecule has 0 saturated carbocycles. The lowest BCUT2D eigenvalue weighted by molar-refractivity contribution is -0.137. The SMILES string of the molecule is CC(C)c1ccc(CC(O)/C=C/[C@H]2CCCC(=O)N2CCCCCCC(=O)O)cc1. The van der Waals surface area contributed by atoms with E-state index < -0.39 is 12.1 Å². The van der Waals surface area contributed by atoms with E-state index in [4.69, 9.17) is 5.11 Å². The van der Waals surface area contributed by atoms with Gasteiger partial charge in [-0.2, -0.15) is 0 Å². The molecule has 2 rings (SSSR count). The Labute approximate surface area is 180 Å². The van der Waals surface area contributed by atoms with Crippen LogP contribution in [0.2, 0.25) is 0 Å². The highest BCUT2D eigenvalue weighted by Crippen LogP contribution is 2.21. The highest BCUT2D eigenvalue weighted by atomic mass is 16.4. The molecule has 0 bridgehead atoms. The van der Waals surface area contributed by atoms with Gasteiger partial charge in [0.2, 0.25) is 5.91 Å². The van der Waals surface area contributed by atoms with Gasteiger partial charge in [-0.25, -0.2) is 0 Å². The van der Waals surface area contributed by atoms with Gasteiger partial charge in [-0.1, -0.05) is 63.1 Å². The number of rotatable bonds is 12. The zero-order chi connectivity index (χ0) is 21.9. The van der Waals surface area contributed by atoms with Crippen LogP contribution in [0.4, 0.5) is 0 Å². The van der Waals surface area contributed by atoms with Crippen molar-refractivity contribution in [3.05, 3.63) is 47.5 Å². The summed E-state index contributed by atoms with van der Waals surface area (Å²) in [5, 5.41) is 19.1. The van der Waals surface area contributed by atoms with E-state index in [9.17, 15) is 14.7 Å². The number of unbranched alkanes of at least 4 members (excludes halogenated alkanes) is 3. The third kappa shape index (κ3) is 8.31. The predicted molar refractivity (Wildman–Crippen MR) is 119 cm³/mol. The number of carbonyl (C=O) groups excluding carboxylic acids is 1. The molecule has 1 aliphatic rings. The van der Waals surface area contributed by atoms with E-state index >= 15 is 0 Å². The highest BCUT2D eigenvalue weighted by Gasteiger charge is 2.25. The van der Waals surface area contributed by atoms with Crippen molar-refractivity contribution in [2.45, 2.75) is 89.7 Å². The molecule has 1 saturated heterocycles. The summed E-state index contributed by atoms with van der Waals surface area (Å²) < 4.78 is 0. The van der Waals surface area contributed by atoms with E-state index in [0.29, 0.717) is 31.7 Å². The third-order valence-electron chi connectivity index (χ3n) is 5.80. The van der Waals surface area contributed by atoms with Gasteiger partial charge in [-0.05, 0) is 42.7 Å². The van der Waals surface area contributed by atoms with Gasteiger partial charge in [0.15, 0.2) is 0 Å². The first-order valence-corrected chi connectivity index (χ1v) is 11.3. The number of carboxylic acids is 1. The zero-order valence-corrected chi connectivity index (χ0v) is 18.4. The second-order valence-electron chi connectivity index (χ2n) is 8.66. The molecular formula is C25H37NO4. The Morgan fingerprint density at radius 3 is 2.53 bits per heavy atom. The van der Waals surface area contributed by atoms with Gasteiger partial charge in [0.25, 0.3) is 0 Å². The molecule has 1 heterocycles. The van der Waals surface area contributed by atoms with E-state index in [0.717, 1.165) is 37.7 Å². The number of carboxylic acid groups (broad SMARTS) is 1. The lowest BCUT2D eigenvalue weighted by Crippen LogP contribution is -2.43. The first-order valence-electron chi connectivity index (χ1n) is 11.3. The zero-order valence-electron chi connectivity index (χ0n) is 18.4. The Kier molecular flexibility index (Phi) is 10.1. The van der Waals surface area contributed by atoms with Crippen molar-refractivity contribution in [3.8, 4) is 0 Å². The van der Waals surface area contributed by atoms with Gasteiger partial charge in [0.1, 0.15) is 0 Å². The number of hydrogen-bond donors (Lipinski definition) is 2. The molecule has 5 heteroatoms. The van der Waals surface area contributed by atoms with Crippen LogP contribution in [0, 0.1) is 0 Å². The van der Waals surface area contributed by atoms with Gasteiger partial charge in [0, 0.05) is 25.8 Å². The first-order chi connectivity index (χ1) is 14.4. The minimum atomic E-state index is -0.749. The number of aliphatic hydroxyl groups is 1. The Hall–Kier alpha value is -2.14. The molecule has 30 heavy (non-hydrogen) atoms. The fourth-order valence-corrected chi connectivity index (χ4v) is 3.95. The van der Waals surface area contributed by atoms with Crippen LogP contribution >= 0.6 is 0 Å². The van der Waals surface area contributed by atoms with Crippen LogP contribution in [0.15, 0.2) is 36.4 Å². The van der Waals surface area contributed by atoms with Gasteiger partial charge >= 0.3 is 5.97 Å². The average molecular weight is 416 g/mol. The summed E-state index contributed by atoms with van der Waals surface area (Å²) in [7, 11) is 0. The van der Waals surface area contributed by atoms with E-state index in [2.05, 4.69) is 38.1 Å². The molecule has 1 aromatic rings. The lowest BCUT2D eigenvalue weighted by Gasteiger charge is -2.34. The lowest BCUT2D eigenvalue weighted by atomic mass is 9.98. The number of benzene rings is 1. The quantitative estimate of drug-likeness (QED) is 0.384. The fourth-order valence-electron chi connectivity index (χ4n) is 3.95. The Morgan fingerprint density at radius 2 is 1.87 bits per heavy atom. The van der Waals surface area contributed by atoms with E-state index in [1.807, 2.05) is 17.1 Å². The van der Waals surface area contributed by atoms with E-state index in [1.165, 1.54) is 5.56 Å². The van der Waals surface area contributed by atoms with E-state index in [-0.39, 0.29) is 18.4 Å². The average Bonchev–Trinajstić information content (AvgIpc) is 2.70. The van der Waals surface area contributed by atoms with Crippen molar-refractivity contribution in [3.63, 3.8) is 0 Å². The van der Waals surface area contributed by atoms with Gasteiger partial charge in [-0.3, -0.25) is 9.59 Å². The maximum absolute atomic E-state index is 12.4. The summed E-state index contributed by atoms with van der Waals surface area (Å²) in [5.74, 6) is -0.0723. The van der Waals surface area contributed by atoms with Crippen molar-refractivity contribution in [2.24, 2.45) is 0 Å². The summed E-state index contributed by atoms with van der Waals surface area (Å²) in [6.45, 7) is 5.04. The summed E-state index contributed by atoms with van der Waals surface area (Å²) in [5.41, 5.74) is 2.40. The number of piperidine rings is 1. The molecule has 1 unspecified atom stereocenters. The fraction of sp³-hybridized carbons (Fsp3) is 0.600. The second kappa shape index (κ2) is 12.5. The maximum atomic E-state index is 12.4. The molecule has 2 atom stereocenters.